The van der Waals surface area contributed by atoms with Crippen LogP contribution in [0.1, 0.15) is 35.4 Å². The van der Waals surface area contributed by atoms with Crippen molar-refractivity contribution in [3.05, 3.63) is 93.0 Å². The highest BCUT2D eigenvalue weighted by Gasteiger charge is 2.62. The van der Waals surface area contributed by atoms with Crippen LogP contribution in [0.4, 0.5) is 11.4 Å². The summed E-state index contributed by atoms with van der Waals surface area (Å²) in [7, 11) is 1.44. The van der Waals surface area contributed by atoms with Gasteiger partial charge in [-0.3, -0.25) is 19.2 Å². The van der Waals surface area contributed by atoms with Gasteiger partial charge in [-0.2, -0.15) is 0 Å². The van der Waals surface area contributed by atoms with Crippen LogP contribution < -0.4 is 14.5 Å². The fraction of sp³-hybridized carbons (Fsp3) is 0.314. The predicted molar refractivity (Wildman–Crippen MR) is 170 cm³/mol. The van der Waals surface area contributed by atoms with Crippen LogP contribution >= 0.6 is 23.2 Å². The summed E-state index contributed by atoms with van der Waals surface area (Å²) in [5.74, 6) is -5.02. The lowest BCUT2D eigenvalue weighted by atomic mass is 9.57. The molecule has 1 saturated carbocycles. The van der Waals surface area contributed by atoms with Gasteiger partial charge in [0.25, 0.3) is 0 Å². The SMILES string of the molecule is COc1cc(C2C3=CCC4C(=O)N(c5ccc(C)c(Cl)c5)C(=O)C4C3CC3C(=O)N(c4ccc(C)c(Cl)c4)C(=O)C32)ccc1O. The van der Waals surface area contributed by atoms with Gasteiger partial charge in [-0.1, -0.05) is 53.1 Å². The van der Waals surface area contributed by atoms with Crippen molar-refractivity contribution in [3.63, 3.8) is 0 Å². The van der Waals surface area contributed by atoms with Crippen LogP contribution in [-0.4, -0.2) is 35.8 Å². The number of anilines is 2. The molecule has 230 valence electrons. The van der Waals surface area contributed by atoms with E-state index in [4.69, 9.17) is 27.9 Å². The fourth-order valence-electron chi connectivity index (χ4n) is 7.80. The number of hydrogen-bond donors (Lipinski definition) is 1. The van der Waals surface area contributed by atoms with Crippen molar-refractivity contribution in [2.45, 2.75) is 32.6 Å². The zero-order chi connectivity index (χ0) is 31.9. The number of imide groups is 2. The van der Waals surface area contributed by atoms with Crippen LogP contribution in [0.5, 0.6) is 11.5 Å². The molecule has 1 N–H and O–H groups in total. The van der Waals surface area contributed by atoms with Crippen LogP contribution in [-0.2, 0) is 19.2 Å². The van der Waals surface area contributed by atoms with Gasteiger partial charge in [-0.05, 0) is 85.7 Å². The third-order valence-corrected chi connectivity index (χ3v) is 10.9. The van der Waals surface area contributed by atoms with Gasteiger partial charge in [-0.15, -0.1) is 0 Å². The molecule has 2 aliphatic heterocycles. The second-order valence-electron chi connectivity index (χ2n) is 12.3. The van der Waals surface area contributed by atoms with Gasteiger partial charge >= 0.3 is 0 Å². The van der Waals surface area contributed by atoms with Gasteiger partial charge in [0.05, 0.1) is 42.2 Å². The maximum atomic E-state index is 14.3. The predicted octanol–water partition coefficient (Wildman–Crippen LogP) is 6.37. The Morgan fingerprint density at radius 3 is 1.89 bits per heavy atom. The number of nitrogens with zero attached hydrogens (tertiary/aromatic N) is 2. The van der Waals surface area contributed by atoms with Crippen LogP contribution in [0.2, 0.25) is 10.0 Å². The van der Waals surface area contributed by atoms with Crippen molar-refractivity contribution >= 4 is 58.2 Å². The summed E-state index contributed by atoms with van der Waals surface area (Å²) in [6, 6.07) is 15.1. The molecule has 3 fully saturated rings. The summed E-state index contributed by atoms with van der Waals surface area (Å²) >= 11 is 12.8. The summed E-state index contributed by atoms with van der Waals surface area (Å²) in [5.41, 5.74) is 3.98. The highest BCUT2D eigenvalue weighted by molar-refractivity contribution is 6.33. The summed E-state index contributed by atoms with van der Waals surface area (Å²) in [5, 5.41) is 11.3. The van der Waals surface area contributed by atoms with E-state index >= 15 is 0 Å². The molecule has 0 spiro atoms. The number of amides is 4. The van der Waals surface area contributed by atoms with Gasteiger partial charge in [0.15, 0.2) is 11.5 Å². The molecule has 0 bridgehead atoms. The van der Waals surface area contributed by atoms with Crippen LogP contribution in [0.25, 0.3) is 0 Å². The molecule has 45 heavy (non-hydrogen) atoms. The number of carbonyl (C=O) groups is 4. The zero-order valence-electron chi connectivity index (χ0n) is 24.8. The van der Waals surface area contributed by atoms with Crippen molar-refractivity contribution in [2.75, 3.05) is 16.9 Å². The monoisotopic (exact) mass is 644 g/mol. The molecular formula is C35H30Cl2N2O6. The van der Waals surface area contributed by atoms with E-state index in [1.165, 1.54) is 23.0 Å². The molecule has 10 heteroatoms. The number of aryl methyl sites for hydroxylation is 2. The summed E-state index contributed by atoms with van der Waals surface area (Å²) in [6.07, 6.45) is 2.54. The molecule has 0 radical (unpaired) electrons. The van der Waals surface area contributed by atoms with Gasteiger partial charge in [0, 0.05) is 16.0 Å². The van der Waals surface area contributed by atoms with E-state index in [-0.39, 0.29) is 41.5 Å². The minimum Gasteiger partial charge on any atom is -0.504 e. The molecule has 4 amide bonds. The molecule has 4 aliphatic rings. The highest BCUT2D eigenvalue weighted by Crippen LogP contribution is 2.59. The second-order valence-corrected chi connectivity index (χ2v) is 13.2. The van der Waals surface area contributed by atoms with Gasteiger partial charge in [0.2, 0.25) is 23.6 Å². The molecule has 3 aromatic carbocycles. The molecule has 2 aliphatic carbocycles. The zero-order valence-corrected chi connectivity index (χ0v) is 26.3. The van der Waals surface area contributed by atoms with Gasteiger partial charge < -0.3 is 9.84 Å². The maximum absolute atomic E-state index is 14.3. The normalized spacial score (nSPS) is 27.4. The number of aromatic hydroxyl groups is 1. The Hall–Kier alpha value is -4.14. The van der Waals surface area contributed by atoms with E-state index in [0.717, 1.165) is 16.7 Å². The molecule has 3 aromatic rings. The van der Waals surface area contributed by atoms with Crippen LogP contribution in [0.3, 0.4) is 0 Å². The summed E-state index contributed by atoms with van der Waals surface area (Å²) < 4.78 is 5.41. The quantitative estimate of drug-likeness (QED) is 0.261. The number of carbonyl (C=O) groups excluding carboxylic acids is 4. The molecule has 8 nitrogen and oxygen atoms in total. The minimum atomic E-state index is -0.759. The van der Waals surface area contributed by atoms with Gasteiger partial charge in [-0.25, -0.2) is 9.80 Å². The second kappa shape index (κ2) is 10.7. The minimum absolute atomic E-state index is 0.0587. The van der Waals surface area contributed by atoms with E-state index in [2.05, 4.69) is 0 Å². The first-order valence-electron chi connectivity index (χ1n) is 14.9. The van der Waals surface area contributed by atoms with Crippen LogP contribution in [0, 0.1) is 43.4 Å². The Bertz CT molecular complexity index is 1850. The number of benzene rings is 3. The first kappa shape index (κ1) is 29.6. The highest BCUT2D eigenvalue weighted by atomic mass is 35.5. The van der Waals surface area contributed by atoms with Crippen molar-refractivity contribution in [2.24, 2.45) is 29.6 Å². The lowest BCUT2D eigenvalue weighted by molar-refractivity contribution is -0.126. The molecule has 2 saturated heterocycles. The van der Waals surface area contributed by atoms with E-state index in [9.17, 15) is 24.3 Å². The van der Waals surface area contributed by atoms with Crippen molar-refractivity contribution in [1.82, 2.24) is 0 Å². The topological polar surface area (TPSA) is 104 Å². The Morgan fingerprint density at radius 2 is 1.31 bits per heavy atom. The van der Waals surface area contributed by atoms with Crippen molar-refractivity contribution in [1.29, 1.82) is 0 Å². The van der Waals surface area contributed by atoms with E-state index in [1.54, 1.807) is 48.5 Å². The third-order valence-electron chi connectivity index (χ3n) is 10.0. The maximum Gasteiger partial charge on any atom is 0.238 e. The largest absolute Gasteiger partial charge is 0.504 e. The number of ether oxygens (including phenoxy) is 1. The number of halogens is 2. The van der Waals surface area contributed by atoms with E-state index < -0.39 is 35.5 Å². The molecule has 0 aromatic heterocycles. The van der Waals surface area contributed by atoms with E-state index in [1.807, 2.05) is 19.9 Å². The smallest absolute Gasteiger partial charge is 0.238 e. The number of methoxy groups -OCH3 is 1. The standard InChI is InChI=1S/C35H30Cl2N2O6/c1-16-4-7-19(13-25(16)36)38-32(41)22-10-9-21-23(30(22)34(38)43)15-24-31(29(21)18-6-11-27(40)28(12-18)45-3)35(44)39(33(24)42)20-8-5-17(2)26(37)14-20/h4-9,11-14,22-24,29-31,40H,10,15H2,1-3H3. The van der Waals surface area contributed by atoms with Crippen molar-refractivity contribution < 1.29 is 29.0 Å². The molecule has 7 rings (SSSR count). The van der Waals surface area contributed by atoms with Crippen molar-refractivity contribution in [3.8, 4) is 11.5 Å². The average Bonchev–Trinajstić information content (AvgIpc) is 3.43. The summed E-state index contributed by atoms with van der Waals surface area (Å²) in [4.78, 5) is 58.9. The van der Waals surface area contributed by atoms with Gasteiger partial charge in [0.1, 0.15) is 0 Å². The molecule has 2 heterocycles. The fourth-order valence-corrected chi connectivity index (χ4v) is 8.15. The third kappa shape index (κ3) is 4.41. The first-order valence-corrected chi connectivity index (χ1v) is 15.6. The Morgan fingerprint density at radius 1 is 0.733 bits per heavy atom. The lowest BCUT2D eigenvalue weighted by Gasteiger charge is -2.44. The first-order chi connectivity index (χ1) is 21.5. The van der Waals surface area contributed by atoms with Crippen LogP contribution in [0.15, 0.2) is 66.2 Å². The Balaban J connectivity index is 1.34. The molecular weight excluding hydrogens is 615 g/mol. The number of allylic oxidation sites excluding steroid dienone is 2. The number of phenols is 1. The van der Waals surface area contributed by atoms with E-state index in [0.29, 0.717) is 33.4 Å². The Kier molecular flexibility index (Phi) is 7.06. The number of rotatable bonds is 4. The number of phenolic OH excluding ortho intramolecular Hbond substituents is 1. The average molecular weight is 646 g/mol. The lowest BCUT2D eigenvalue weighted by Crippen LogP contribution is -2.43. The molecule has 6 unspecified atom stereocenters. The summed E-state index contributed by atoms with van der Waals surface area (Å²) in [6.45, 7) is 3.69. The molecule has 6 atom stereocenters. The number of hydrogen-bond acceptors (Lipinski definition) is 6. The Labute approximate surface area is 270 Å². The number of fused-ring (bicyclic) bond motifs is 4.